The molecular formula is C16H19NO4S. The first-order chi connectivity index (χ1) is 10.5. The zero-order valence-corrected chi connectivity index (χ0v) is 13.2. The number of hydrogen-bond acceptors (Lipinski definition) is 4. The van der Waals surface area contributed by atoms with Gasteiger partial charge < -0.3 is 10.4 Å². The molecule has 1 aromatic rings. The van der Waals surface area contributed by atoms with Crippen LogP contribution in [0.5, 0.6) is 0 Å². The Labute approximate surface area is 131 Å². The number of ketones is 1. The van der Waals surface area contributed by atoms with E-state index in [4.69, 9.17) is 5.11 Å². The van der Waals surface area contributed by atoms with Crippen molar-refractivity contribution < 1.29 is 18.9 Å². The van der Waals surface area contributed by atoms with E-state index in [9.17, 15) is 13.8 Å². The summed E-state index contributed by atoms with van der Waals surface area (Å²) in [5, 5.41) is 12.0. The zero-order valence-electron chi connectivity index (χ0n) is 12.4. The molecule has 1 aromatic carbocycles. The van der Waals surface area contributed by atoms with E-state index in [-0.39, 0.29) is 12.2 Å². The van der Waals surface area contributed by atoms with Crippen LogP contribution < -0.4 is 5.32 Å². The predicted octanol–water partition coefficient (Wildman–Crippen LogP) is 1.51. The summed E-state index contributed by atoms with van der Waals surface area (Å²) < 4.78 is 11.1. The number of carboxylic acid groups (broad SMARTS) is 1. The summed E-state index contributed by atoms with van der Waals surface area (Å²) >= 11 is 0. The smallest absolute Gasteiger partial charge is 0.326 e. The van der Waals surface area contributed by atoms with Crippen molar-refractivity contribution in [3.05, 3.63) is 47.2 Å². The summed E-state index contributed by atoms with van der Waals surface area (Å²) in [6.45, 7) is 0. The lowest BCUT2D eigenvalue weighted by Crippen LogP contribution is -2.35. The van der Waals surface area contributed by atoms with E-state index < -0.39 is 22.8 Å². The number of nitrogens with one attached hydrogen (secondary N) is 1. The first kappa shape index (κ1) is 16.4. The summed E-state index contributed by atoms with van der Waals surface area (Å²) in [4.78, 5) is 23.5. The summed E-state index contributed by atoms with van der Waals surface area (Å²) in [6, 6.07) is 6.63. The normalized spacial score (nSPS) is 18.6. The molecule has 0 heterocycles. The Morgan fingerprint density at radius 3 is 2.82 bits per heavy atom. The molecule has 0 spiro atoms. The van der Waals surface area contributed by atoms with Crippen LogP contribution in [0.4, 0.5) is 0 Å². The van der Waals surface area contributed by atoms with Gasteiger partial charge in [0.15, 0.2) is 5.78 Å². The number of carbonyl (C=O) groups is 2. The zero-order chi connectivity index (χ0) is 16.1. The molecule has 0 saturated carbocycles. The molecule has 2 N–H and O–H groups in total. The van der Waals surface area contributed by atoms with Gasteiger partial charge in [-0.3, -0.25) is 9.00 Å². The summed E-state index contributed by atoms with van der Waals surface area (Å²) in [7, 11) is -1.04. The lowest BCUT2D eigenvalue weighted by atomic mass is 9.87. The van der Waals surface area contributed by atoms with Gasteiger partial charge in [0.05, 0.1) is 0 Å². The van der Waals surface area contributed by atoms with Crippen LogP contribution in [0.1, 0.15) is 28.8 Å². The minimum absolute atomic E-state index is 0.0578. The minimum atomic E-state index is -1.04. The van der Waals surface area contributed by atoms with Gasteiger partial charge in [-0.2, -0.15) is 0 Å². The minimum Gasteiger partial charge on any atom is -0.480 e. The van der Waals surface area contributed by atoms with E-state index in [1.54, 1.807) is 12.3 Å². The second kappa shape index (κ2) is 7.35. The van der Waals surface area contributed by atoms with Gasteiger partial charge in [0.2, 0.25) is 0 Å². The van der Waals surface area contributed by atoms with E-state index in [0.717, 1.165) is 12.0 Å². The van der Waals surface area contributed by atoms with E-state index in [0.29, 0.717) is 23.3 Å². The Morgan fingerprint density at radius 2 is 2.14 bits per heavy atom. The first-order valence-corrected chi connectivity index (χ1v) is 8.82. The number of aliphatic carboxylic acids is 1. The maximum Gasteiger partial charge on any atom is 0.326 e. The SMILES string of the molecule is CS(=O)CC[C@H](N/C=C1/CCc2ccccc2C1=O)C(=O)O. The van der Waals surface area contributed by atoms with Gasteiger partial charge >= 0.3 is 5.97 Å². The van der Waals surface area contributed by atoms with Crippen molar-refractivity contribution in [1.29, 1.82) is 0 Å². The Balaban J connectivity index is 2.08. The summed E-state index contributed by atoms with van der Waals surface area (Å²) in [5.41, 5.74) is 2.30. The van der Waals surface area contributed by atoms with E-state index in [1.165, 1.54) is 6.20 Å². The maximum absolute atomic E-state index is 12.4. The molecular weight excluding hydrogens is 302 g/mol. The molecule has 2 atom stereocenters. The van der Waals surface area contributed by atoms with Crippen molar-refractivity contribution in [2.24, 2.45) is 0 Å². The molecule has 0 radical (unpaired) electrons. The second-order valence-electron chi connectivity index (χ2n) is 5.28. The van der Waals surface area contributed by atoms with Crippen LogP contribution in [0.15, 0.2) is 36.0 Å². The molecule has 2 rings (SSSR count). The molecule has 1 unspecified atom stereocenters. The Hall–Kier alpha value is -1.95. The largest absolute Gasteiger partial charge is 0.480 e. The van der Waals surface area contributed by atoms with Crippen LogP contribution in [-0.4, -0.2) is 39.1 Å². The Bertz CT molecular complexity index is 639. The molecule has 0 aromatic heterocycles. The van der Waals surface area contributed by atoms with E-state index in [1.807, 2.05) is 18.2 Å². The number of benzene rings is 1. The Kier molecular flexibility index (Phi) is 5.49. The van der Waals surface area contributed by atoms with E-state index in [2.05, 4.69) is 5.32 Å². The quantitative estimate of drug-likeness (QED) is 0.776. The molecule has 22 heavy (non-hydrogen) atoms. The van der Waals surface area contributed by atoms with Crippen LogP contribution in [0, 0.1) is 0 Å². The van der Waals surface area contributed by atoms with Crippen LogP contribution in [0.2, 0.25) is 0 Å². The third-order valence-corrected chi connectivity index (χ3v) is 4.48. The van der Waals surface area contributed by atoms with Gasteiger partial charge in [0.25, 0.3) is 0 Å². The number of fused-ring (bicyclic) bond motifs is 1. The summed E-state index contributed by atoms with van der Waals surface area (Å²) in [6.07, 6.45) is 4.67. The molecule has 0 bridgehead atoms. The van der Waals surface area contributed by atoms with Crippen LogP contribution in [0.25, 0.3) is 0 Å². The van der Waals surface area contributed by atoms with Crippen LogP contribution in [0.3, 0.4) is 0 Å². The highest BCUT2D eigenvalue weighted by Crippen LogP contribution is 2.24. The molecule has 0 amide bonds. The molecule has 6 heteroatoms. The molecule has 1 aliphatic carbocycles. The average molecular weight is 321 g/mol. The monoisotopic (exact) mass is 321 g/mol. The molecule has 5 nitrogen and oxygen atoms in total. The molecule has 0 fully saturated rings. The number of aryl methyl sites for hydroxylation is 1. The molecule has 118 valence electrons. The predicted molar refractivity (Wildman–Crippen MR) is 85.3 cm³/mol. The molecule has 1 aliphatic rings. The van der Waals surface area contributed by atoms with Crippen molar-refractivity contribution in [1.82, 2.24) is 5.32 Å². The fourth-order valence-corrected chi connectivity index (χ4v) is 2.98. The fourth-order valence-electron chi connectivity index (χ4n) is 2.42. The van der Waals surface area contributed by atoms with Crippen molar-refractivity contribution in [2.45, 2.75) is 25.3 Å². The van der Waals surface area contributed by atoms with Gasteiger partial charge in [0, 0.05) is 40.1 Å². The van der Waals surface area contributed by atoms with Crippen molar-refractivity contribution in [2.75, 3.05) is 12.0 Å². The topological polar surface area (TPSA) is 83.5 Å². The van der Waals surface area contributed by atoms with Gasteiger partial charge in [-0.1, -0.05) is 24.3 Å². The third kappa shape index (κ3) is 4.04. The molecule has 0 saturated heterocycles. The lowest BCUT2D eigenvalue weighted by Gasteiger charge is -2.18. The standard InChI is InChI=1S/C16H19NO4S/c1-22(21)9-8-14(16(19)20)17-10-12-7-6-11-4-2-3-5-13(11)15(12)18/h2-5,10,14,17H,6-9H2,1H3,(H,19,20)/b12-10-/t14-,22?/m0/s1. The van der Waals surface area contributed by atoms with Gasteiger partial charge in [-0.15, -0.1) is 0 Å². The van der Waals surface area contributed by atoms with Crippen molar-refractivity contribution in [3.8, 4) is 0 Å². The summed E-state index contributed by atoms with van der Waals surface area (Å²) in [5.74, 6) is -0.757. The van der Waals surface area contributed by atoms with Gasteiger partial charge in [0.1, 0.15) is 6.04 Å². The van der Waals surface area contributed by atoms with Crippen LogP contribution in [-0.2, 0) is 22.0 Å². The van der Waals surface area contributed by atoms with Crippen molar-refractivity contribution in [3.63, 3.8) is 0 Å². The number of carboxylic acids is 1. The maximum atomic E-state index is 12.4. The average Bonchev–Trinajstić information content (AvgIpc) is 2.48. The highest BCUT2D eigenvalue weighted by Gasteiger charge is 2.22. The van der Waals surface area contributed by atoms with Gasteiger partial charge in [-0.25, -0.2) is 4.79 Å². The number of carbonyl (C=O) groups excluding carboxylic acids is 1. The van der Waals surface area contributed by atoms with Gasteiger partial charge in [-0.05, 0) is 24.8 Å². The number of allylic oxidation sites excluding steroid dienone is 1. The number of rotatable bonds is 6. The van der Waals surface area contributed by atoms with E-state index >= 15 is 0 Å². The van der Waals surface area contributed by atoms with Crippen LogP contribution >= 0.6 is 0 Å². The first-order valence-electron chi connectivity index (χ1n) is 7.09. The lowest BCUT2D eigenvalue weighted by molar-refractivity contribution is -0.139. The Morgan fingerprint density at radius 1 is 1.41 bits per heavy atom. The van der Waals surface area contributed by atoms with Crippen molar-refractivity contribution >= 4 is 22.6 Å². The molecule has 0 aliphatic heterocycles. The fraction of sp³-hybridized carbons (Fsp3) is 0.375. The second-order valence-corrected chi connectivity index (χ2v) is 6.83. The third-order valence-electron chi connectivity index (χ3n) is 3.67. The number of hydrogen-bond donors (Lipinski definition) is 2. The highest BCUT2D eigenvalue weighted by atomic mass is 32.2. The highest BCUT2D eigenvalue weighted by molar-refractivity contribution is 7.84. The number of Topliss-reactive ketones (excluding diaryl/α,β-unsaturated/α-hetero) is 1.